The predicted octanol–water partition coefficient (Wildman–Crippen LogP) is 4.65. The molecule has 2 aliphatic rings. The number of carbonyl (C=O) groups excluding carboxylic acids is 1. The quantitative estimate of drug-likeness (QED) is 0.501. The molecule has 0 spiro atoms. The minimum absolute atomic E-state index is 0.0598. The molecule has 182 valence electrons. The Morgan fingerprint density at radius 2 is 1.69 bits per heavy atom. The van der Waals surface area contributed by atoms with E-state index in [9.17, 15) is 13.2 Å². The number of anilines is 1. The van der Waals surface area contributed by atoms with Gasteiger partial charge in [-0.1, -0.05) is 24.3 Å². The van der Waals surface area contributed by atoms with Crippen LogP contribution in [-0.2, 0) is 10.0 Å². The lowest BCUT2D eigenvalue weighted by molar-refractivity contribution is 0.0735. The van der Waals surface area contributed by atoms with Crippen LogP contribution in [0, 0.1) is 0 Å². The van der Waals surface area contributed by atoms with Gasteiger partial charge in [0.2, 0.25) is 0 Å². The molecule has 0 aromatic heterocycles. The Bertz CT molecular complexity index is 1310. The van der Waals surface area contributed by atoms with E-state index in [1.807, 2.05) is 41.3 Å². The van der Waals surface area contributed by atoms with Gasteiger partial charge in [0.25, 0.3) is 15.9 Å². The lowest BCUT2D eigenvalue weighted by Gasteiger charge is -2.27. The van der Waals surface area contributed by atoms with Gasteiger partial charge in [0.1, 0.15) is 13.2 Å². The molecule has 2 heterocycles. The Hall–Kier alpha value is -3.52. The number of ether oxygens (including phenoxy) is 2. The molecule has 1 fully saturated rings. The predicted molar refractivity (Wildman–Crippen MR) is 134 cm³/mol. The van der Waals surface area contributed by atoms with Crippen LogP contribution >= 0.6 is 0 Å². The van der Waals surface area contributed by atoms with Gasteiger partial charge in [-0.2, -0.15) is 0 Å². The van der Waals surface area contributed by atoms with Crippen molar-refractivity contribution in [3.63, 3.8) is 0 Å². The van der Waals surface area contributed by atoms with E-state index in [2.05, 4.69) is 0 Å². The third-order valence-corrected chi connectivity index (χ3v) is 8.40. The number of amides is 1. The van der Waals surface area contributed by atoms with Crippen LogP contribution in [0.3, 0.4) is 0 Å². The van der Waals surface area contributed by atoms with E-state index in [-0.39, 0.29) is 16.8 Å². The molecular formula is C27H28N2O5S. The van der Waals surface area contributed by atoms with Gasteiger partial charge in [-0.15, -0.1) is 0 Å². The maximum atomic E-state index is 13.4. The largest absolute Gasteiger partial charge is 0.486 e. The van der Waals surface area contributed by atoms with Crippen molar-refractivity contribution in [3.8, 4) is 11.5 Å². The number of fused-ring (bicyclic) bond motifs is 1. The number of sulfonamides is 1. The second-order valence-electron chi connectivity index (χ2n) is 8.59. The van der Waals surface area contributed by atoms with E-state index in [0.29, 0.717) is 43.3 Å². The third kappa shape index (κ3) is 4.46. The highest BCUT2D eigenvalue weighted by Crippen LogP contribution is 2.38. The molecule has 1 amide bonds. The number of nitrogens with zero attached hydrogens (tertiary/aromatic N) is 2. The van der Waals surface area contributed by atoms with E-state index in [1.165, 1.54) is 16.4 Å². The van der Waals surface area contributed by atoms with Gasteiger partial charge in [-0.05, 0) is 73.9 Å². The van der Waals surface area contributed by atoms with E-state index in [1.54, 1.807) is 31.2 Å². The van der Waals surface area contributed by atoms with Gasteiger partial charge in [0, 0.05) is 18.7 Å². The normalized spacial score (nSPS) is 17.3. The van der Waals surface area contributed by atoms with Crippen molar-refractivity contribution >= 4 is 21.6 Å². The van der Waals surface area contributed by atoms with Crippen molar-refractivity contribution in [3.05, 3.63) is 83.9 Å². The van der Waals surface area contributed by atoms with Gasteiger partial charge in [-0.3, -0.25) is 9.10 Å². The minimum Gasteiger partial charge on any atom is -0.486 e. The molecule has 2 aliphatic heterocycles. The first-order valence-corrected chi connectivity index (χ1v) is 13.3. The number of likely N-dealkylation sites (tertiary alicyclic amines) is 1. The first kappa shape index (κ1) is 23.2. The molecule has 8 heteroatoms. The van der Waals surface area contributed by atoms with Crippen LogP contribution in [-0.4, -0.2) is 45.5 Å². The Labute approximate surface area is 205 Å². The lowest BCUT2D eigenvalue weighted by atomic mass is 10.0. The van der Waals surface area contributed by atoms with Crippen molar-refractivity contribution in [1.82, 2.24) is 4.90 Å². The van der Waals surface area contributed by atoms with Crippen LogP contribution in [0.1, 0.15) is 41.7 Å². The Kier molecular flexibility index (Phi) is 6.38. The van der Waals surface area contributed by atoms with Crippen molar-refractivity contribution < 1.29 is 22.7 Å². The van der Waals surface area contributed by atoms with Gasteiger partial charge in [0.15, 0.2) is 11.5 Å². The molecule has 1 atom stereocenters. The summed E-state index contributed by atoms with van der Waals surface area (Å²) in [6.45, 7) is 3.80. The van der Waals surface area contributed by atoms with E-state index >= 15 is 0 Å². The van der Waals surface area contributed by atoms with Crippen molar-refractivity contribution in [2.45, 2.75) is 30.7 Å². The number of carbonyl (C=O) groups is 1. The number of benzene rings is 3. The molecule has 0 radical (unpaired) electrons. The van der Waals surface area contributed by atoms with Gasteiger partial charge in [0.05, 0.1) is 16.6 Å². The molecular weight excluding hydrogens is 464 g/mol. The number of rotatable bonds is 6. The maximum Gasteiger partial charge on any atom is 0.264 e. The molecule has 3 aromatic rings. The topological polar surface area (TPSA) is 76.2 Å². The Morgan fingerprint density at radius 3 is 2.40 bits per heavy atom. The van der Waals surface area contributed by atoms with E-state index < -0.39 is 10.0 Å². The molecule has 3 aromatic carbocycles. The highest BCUT2D eigenvalue weighted by atomic mass is 32.2. The van der Waals surface area contributed by atoms with Crippen LogP contribution in [0.5, 0.6) is 11.5 Å². The summed E-state index contributed by atoms with van der Waals surface area (Å²) in [6.07, 6.45) is 1.76. The second kappa shape index (κ2) is 9.62. The fourth-order valence-electron chi connectivity index (χ4n) is 4.77. The first-order valence-electron chi connectivity index (χ1n) is 11.9. The van der Waals surface area contributed by atoms with Crippen LogP contribution in [0.15, 0.2) is 77.7 Å². The summed E-state index contributed by atoms with van der Waals surface area (Å²) < 4.78 is 39.2. The fraction of sp³-hybridized carbons (Fsp3) is 0.296. The highest BCUT2D eigenvalue weighted by Gasteiger charge is 2.32. The lowest BCUT2D eigenvalue weighted by Crippen LogP contribution is -2.31. The molecule has 5 rings (SSSR count). The summed E-state index contributed by atoms with van der Waals surface area (Å²) in [5.41, 5.74) is 2.09. The minimum atomic E-state index is -3.75. The Balaban J connectivity index is 1.36. The SMILES string of the molecule is CCN(c1ccccc1)S(=O)(=O)c1ccc(C(=O)N2CCC[C@H]2c2ccc3c(c2)OCCO3)cc1. The average molecular weight is 493 g/mol. The molecule has 35 heavy (non-hydrogen) atoms. The zero-order valence-corrected chi connectivity index (χ0v) is 20.4. The molecule has 1 saturated heterocycles. The monoisotopic (exact) mass is 492 g/mol. The maximum absolute atomic E-state index is 13.4. The number of hydrogen-bond donors (Lipinski definition) is 0. The number of para-hydroxylation sites is 1. The molecule has 0 bridgehead atoms. The van der Waals surface area contributed by atoms with Gasteiger partial charge < -0.3 is 14.4 Å². The van der Waals surface area contributed by atoms with Crippen molar-refractivity contribution in [2.75, 3.05) is 30.6 Å². The Morgan fingerprint density at radius 1 is 0.971 bits per heavy atom. The summed E-state index contributed by atoms with van der Waals surface area (Å²) in [4.78, 5) is 15.4. The molecule has 0 aliphatic carbocycles. The van der Waals surface area contributed by atoms with Crippen LogP contribution < -0.4 is 13.8 Å². The summed E-state index contributed by atoms with van der Waals surface area (Å²) >= 11 is 0. The van der Waals surface area contributed by atoms with Crippen molar-refractivity contribution in [2.24, 2.45) is 0 Å². The summed E-state index contributed by atoms with van der Waals surface area (Å²) in [6, 6.07) is 21.0. The fourth-order valence-corrected chi connectivity index (χ4v) is 6.25. The average Bonchev–Trinajstić information content (AvgIpc) is 3.39. The zero-order valence-electron chi connectivity index (χ0n) is 19.6. The highest BCUT2D eigenvalue weighted by molar-refractivity contribution is 7.92. The summed E-state index contributed by atoms with van der Waals surface area (Å²) in [7, 11) is -3.75. The third-order valence-electron chi connectivity index (χ3n) is 6.49. The van der Waals surface area contributed by atoms with E-state index in [0.717, 1.165) is 24.2 Å². The first-order chi connectivity index (χ1) is 17.0. The zero-order chi connectivity index (χ0) is 24.4. The number of hydrogen-bond acceptors (Lipinski definition) is 5. The summed E-state index contributed by atoms with van der Waals surface area (Å²) in [5.74, 6) is 1.33. The smallest absolute Gasteiger partial charge is 0.264 e. The van der Waals surface area contributed by atoms with Crippen LogP contribution in [0.4, 0.5) is 5.69 Å². The molecule has 0 saturated carbocycles. The van der Waals surface area contributed by atoms with Gasteiger partial charge >= 0.3 is 0 Å². The molecule has 0 N–H and O–H groups in total. The molecule has 0 unspecified atom stereocenters. The van der Waals surface area contributed by atoms with Gasteiger partial charge in [-0.25, -0.2) is 8.42 Å². The van der Waals surface area contributed by atoms with Crippen LogP contribution in [0.2, 0.25) is 0 Å². The second-order valence-corrected chi connectivity index (χ2v) is 10.5. The van der Waals surface area contributed by atoms with Crippen molar-refractivity contribution in [1.29, 1.82) is 0 Å². The molecule has 7 nitrogen and oxygen atoms in total. The van der Waals surface area contributed by atoms with E-state index in [4.69, 9.17) is 9.47 Å². The van der Waals surface area contributed by atoms with Crippen LogP contribution in [0.25, 0.3) is 0 Å². The summed E-state index contributed by atoms with van der Waals surface area (Å²) in [5, 5.41) is 0. The standard InChI is InChI=1S/C27H28N2O5S/c1-2-29(22-7-4-3-5-8-22)35(31,32)23-13-10-20(11-14-23)27(30)28-16-6-9-24(28)21-12-15-25-26(19-21)34-18-17-33-25/h3-5,7-8,10-15,19,24H,2,6,9,16-18H2,1H3/t24-/m0/s1.